The van der Waals surface area contributed by atoms with Crippen LogP contribution in [0.1, 0.15) is 15.9 Å². The van der Waals surface area contributed by atoms with Gasteiger partial charge in [0.05, 0.1) is 17.6 Å². The van der Waals surface area contributed by atoms with Crippen molar-refractivity contribution < 1.29 is 9.90 Å². The summed E-state index contributed by atoms with van der Waals surface area (Å²) in [6.07, 6.45) is 3.00. The largest absolute Gasteiger partial charge is 0.493 e. The van der Waals surface area contributed by atoms with Gasteiger partial charge in [-0.15, -0.1) is 10.2 Å². The van der Waals surface area contributed by atoms with Crippen LogP contribution in [0.25, 0.3) is 10.9 Å². The van der Waals surface area contributed by atoms with E-state index in [4.69, 9.17) is 0 Å². The van der Waals surface area contributed by atoms with Crippen molar-refractivity contribution in [1.29, 1.82) is 0 Å². The number of aromatic hydroxyl groups is 1. The fraction of sp³-hybridized carbons (Fsp3) is 0.0476. The van der Waals surface area contributed by atoms with Gasteiger partial charge in [-0.05, 0) is 45.8 Å². The first-order valence-electron chi connectivity index (χ1n) is 8.64. The van der Waals surface area contributed by atoms with Crippen LogP contribution in [0, 0.1) is 0 Å². The number of benzene rings is 2. The molecule has 29 heavy (non-hydrogen) atoms. The number of pyridine rings is 1. The van der Waals surface area contributed by atoms with Crippen LogP contribution < -0.4 is 0 Å². The molecule has 4 rings (SSSR count). The molecule has 2 aromatic heterocycles. The molecule has 0 radical (unpaired) electrons. The van der Waals surface area contributed by atoms with Crippen LogP contribution in [0.5, 0.6) is 5.88 Å². The molecule has 0 bridgehead atoms. The lowest BCUT2D eigenvalue weighted by Crippen LogP contribution is -1.98. The molecule has 0 saturated carbocycles. The standard InChI is InChI=1S/C21H14Br2N4O2/c22-15-6-7-18-17(9-15)19(21(29)27(18)12-13-4-2-1-3-5-13)25-26-20(28)14-8-16(23)11-24-10-14/h1-11,29H,12H2. The summed E-state index contributed by atoms with van der Waals surface area (Å²) in [5.74, 6) is -0.594. The molecule has 0 saturated heterocycles. The van der Waals surface area contributed by atoms with Crippen molar-refractivity contribution in [2.75, 3.05) is 0 Å². The van der Waals surface area contributed by atoms with E-state index >= 15 is 0 Å². The lowest BCUT2D eigenvalue weighted by molar-refractivity contribution is 0.0994. The number of carbonyl (C=O) groups is 1. The number of aromatic nitrogens is 2. The summed E-state index contributed by atoms with van der Waals surface area (Å²) in [4.78, 5) is 16.3. The average molecular weight is 514 g/mol. The number of carbonyl (C=O) groups excluding carboxylic acids is 1. The van der Waals surface area contributed by atoms with Crippen LogP contribution in [0.15, 0.2) is 86.2 Å². The Kier molecular flexibility index (Phi) is 5.55. The van der Waals surface area contributed by atoms with Crippen molar-refractivity contribution in [1.82, 2.24) is 9.55 Å². The third-order valence-corrected chi connectivity index (χ3v) is 5.28. The van der Waals surface area contributed by atoms with E-state index in [9.17, 15) is 9.90 Å². The Morgan fingerprint density at radius 3 is 2.59 bits per heavy atom. The van der Waals surface area contributed by atoms with Crippen molar-refractivity contribution in [3.8, 4) is 5.88 Å². The molecule has 1 amide bonds. The zero-order chi connectivity index (χ0) is 20.4. The highest BCUT2D eigenvalue weighted by molar-refractivity contribution is 9.10. The van der Waals surface area contributed by atoms with E-state index in [1.54, 1.807) is 16.8 Å². The summed E-state index contributed by atoms with van der Waals surface area (Å²) in [7, 11) is 0. The Bertz CT molecular complexity index is 1240. The minimum atomic E-state index is -0.544. The maximum absolute atomic E-state index is 12.4. The van der Waals surface area contributed by atoms with Crippen molar-refractivity contribution in [2.24, 2.45) is 10.2 Å². The van der Waals surface area contributed by atoms with Crippen LogP contribution in [-0.2, 0) is 6.54 Å². The number of halogens is 2. The van der Waals surface area contributed by atoms with Gasteiger partial charge < -0.3 is 9.67 Å². The molecule has 6 nitrogen and oxygen atoms in total. The predicted molar refractivity (Wildman–Crippen MR) is 118 cm³/mol. The Balaban J connectivity index is 1.76. The van der Waals surface area contributed by atoms with Gasteiger partial charge in [0.15, 0.2) is 5.69 Å². The van der Waals surface area contributed by atoms with Gasteiger partial charge in [-0.2, -0.15) is 0 Å². The summed E-state index contributed by atoms with van der Waals surface area (Å²) >= 11 is 6.73. The maximum atomic E-state index is 12.4. The van der Waals surface area contributed by atoms with E-state index in [1.807, 2.05) is 48.5 Å². The van der Waals surface area contributed by atoms with Gasteiger partial charge in [0.1, 0.15) is 0 Å². The third-order valence-electron chi connectivity index (χ3n) is 4.35. The quantitative estimate of drug-likeness (QED) is 0.328. The van der Waals surface area contributed by atoms with E-state index in [0.29, 0.717) is 22.0 Å². The summed E-state index contributed by atoms with van der Waals surface area (Å²) in [6, 6.07) is 17.0. The highest BCUT2D eigenvalue weighted by Gasteiger charge is 2.18. The summed E-state index contributed by atoms with van der Waals surface area (Å²) in [5.41, 5.74) is 2.37. The Morgan fingerprint density at radius 1 is 1.03 bits per heavy atom. The zero-order valence-corrected chi connectivity index (χ0v) is 18.1. The van der Waals surface area contributed by atoms with Crippen molar-refractivity contribution in [3.05, 3.63) is 87.1 Å². The molecular formula is C21H14Br2N4O2. The summed E-state index contributed by atoms with van der Waals surface area (Å²) in [6.45, 7) is 0.462. The van der Waals surface area contributed by atoms with Crippen molar-refractivity contribution in [3.63, 3.8) is 0 Å². The second kappa shape index (κ2) is 8.26. The van der Waals surface area contributed by atoms with E-state index < -0.39 is 5.91 Å². The van der Waals surface area contributed by atoms with Gasteiger partial charge >= 0.3 is 0 Å². The molecule has 8 heteroatoms. The number of nitrogens with zero attached hydrogens (tertiary/aromatic N) is 4. The highest BCUT2D eigenvalue weighted by atomic mass is 79.9. The molecule has 1 N–H and O–H groups in total. The first kappa shape index (κ1) is 19.5. The first-order chi connectivity index (χ1) is 14.0. The van der Waals surface area contributed by atoms with Crippen LogP contribution >= 0.6 is 31.9 Å². The topological polar surface area (TPSA) is 79.8 Å². The van der Waals surface area contributed by atoms with E-state index in [0.717, 1.165) is 15.6 Å². The van der Waals surface area contributed by atoms with Crippen LogP contribution in [-0.4, -0.2) is 20.6 Å². The molecule has 4 aromatic rings. The Labute approximate surface area is 183 Å². The van der Waals surface area contributed by atoms with Crippen molar-refractivity contribution in [2.45, 2.75) is 6.54 Å². The lowest BCUT2D eigenvalue weighted by atomic mass is 10.2. The van der Waals surface area contributed by atoms with Crippen molar-refractivity contribution >= 4 is 54.4 Å². The minimum absolute atomic E-state index is 0.0501. The van der Waals surface area contributed by atoms with Gasteiger partial charge in [0.2, 0.25) is 5.88 Å². The first-order valence-corrected chi connectivity index (χ1v) is 10.2. The van der Waals surface area contributed by atoms with Gasteiger partial charge in [-0.25, -0.2) is 0 Å². The predicted octanol–water partition coefficient (Wildman–Crippen LogP) is 6.24. The number of hydrogen-bond acceptors (Lipinski definition) is 4. The van der Waals surface area contributed by atoms with Crippen LogP contribution in [0.4, 0.5) is 5.69 Å². The number of fused-ring (bicyclic) bond motifs is 1. The zero-order valence-electron chi connectivity index (χ0n) is 15.0. The second-order valence-electron chi connectivity index (χ2n) is 6.30. The van der Waals surface area contributed by atoms with Gasteiger partial charge in [0, 0.05) is 26.7 Å². The normalized spacial score (nSPS) is 11.4. The van der Waals surface area contributed by atoms with E-state index in [-0.39, 0.29) is 11.6 Å². The number of hydrogen-bond donors (Lipinski definition) is 1. The fourth-order valence-corrected chi connectivity index (χ4v) is 3.73. The molecule has 2 aromatic carbocycles. The number of rotatable bonds is 4. The summed E-state index contributed by atoms with van der Waals surface area (Å²) < 4.78 is 3.25. The fourth-order valence-electron chi connectivity index (χ4n) is 3.00. The SMILES string of the molecule is O=C(N=Nc1c(O)n(Cc2ccccc2)c2ccc(Br)cc12)c1cncc(Br)c1. The molecule has 0 aliphatic rings. The minimum Gasteiger partial charge on any atom is -0.493 e. The van der Waals surface area contributed by atoms with Crippen LogP contribution in [0.3, 0.4) is 0 Å². The van der Waals surface area contributed by atoms with E-state index in [2.05, 4.69) is 47.1 Å². The highest BCUT2D eigenvalue weighted by Crippen LogP contribution is 2.40. The lowest BCUT2D eigenvalue weighted by Gasteiger charge is -2.07. The Morgan fingerprint density at radius 2 is 1.83 bits per heavy atom. The molecule has 0 fully saturated rings. The molecule has 144 valence electrons. The molecule has 0 unspecified atom stereocenters. The molecule has 0 atom stereocenters. The average Bonchev–Trinajstić information content (AvgIpc) is 2.97. The Hall–Kier alpha value is -2.84. The monoisotopic (exact) mass is 512 g/mol. The molecule has 0 aliphatic heterocycles. The van der Waals surface area contributed by atoms with Gasteiger partial charge in [-0.3, -0.25) is 9.78 Å². The molecular weight excluding hydrogens is 500 g/mol. The smallest absolute Gasteiger partial charge is 0.297 e. The van der Waals surface area contributed by atoms with Gasteiger partial charge in [-0.1, -0.05) is 46.3 Å². The van der Waals surface area contributed by atoms with Gasteiger partial charge in [0.25, 0.3) is 5.91 Å². The molecule has 2 heterocycles. The third kappa shape index (κ3) is 4.13. The summed E-state index contributed by atoms with van der Waals surface area (Å²) in [5, 5.41) is 19.4. The van der Waals surface area contributed by atoms with E-state index in [1.165, 1.54) is 6.20 Å². The maximum Gasteiger partial charge on any atom is 0.297 e. The number of amides is 1. The number of azo groups is 1. The second-order valence-corrected chi connectivity index (χ2v) is 8.13. The molecule has 0 aliphatic carbocycles. The van der Waals surface area contributed by atoms with Crippen LogP contribution in [0.2, 0.25) is 0 Å². The molecule has 0 spiro atoms.